The second-order valence-corrected chi connectivity index (χ2v) is 54.0. The molecule has 0 fully saturated rings. The number of rotatable bonds is 23. The minimum Gasteiger partial charge on any atom is -0.311 e. The minimum absolute atomic E-state index is 0.239. The third-order valence-corrected chi connectivity index (χ3v) is 50.2. The van der Waals surface area contributed by atoms with Crippen LogP contribution in [0.25, 0.3) is 72.0 Å². The van der Waals surface area contributed by atoms with Crippen molar-refractivity contribution in [1.29, 1.82) is 0 Å². The normalized spacial score (nSPS) is 12.3. The van der Waals surface area contributed by atoms with Gasteiger partial charge in [-0.15, -0.1) is 0 Å². The van der Waals surface area contributed by atoms with Crippen LogP contribution < -0.4 is 109 Å². The number of hydrogen-bond donors (Lipinski definition) is 0. The maximum absolute atomic E-state index is 3.11. The lowest BCUT2D eigenvalue weighted by molar-refractivity contribution is 1.16. The molecule has 3 nitrogen and oxygen atoms in total. The Balaban J connectivity index is 0.760. The fourth-order valence-electron chi connectivity index (χ4n) is 24.9. The third kappa shape index (κ3) is 14.8. The maximum atomic E-state index is 2.67. The Labute approximate surface area is 858 Å². The van der Waals surface area contributed by atoms with E-state index in [0.29, 0.717) is 0 Å². The van der Waals surface area contributed by atoms with Gasteiger partial charge in [0.1, 0.15) is 0 Å². The van der Waals surface area contributed by atoms with E-state index >= 15 is 0 Å². The molecule has 24 aromatic rings. The fraction of sp³-hybridized carbons (Fsp3) is 0. The molecular formula is C138H100BN3Si4. The highest BCUT2D eigenvalue weighted by atomic mass is 28.3. The van der Waals surface area contributed by atoms with Crippen LogP contribution in [0.15, 0.2) is 607 Å². The van der Waals surface area contributed by atoms with Gasteiger partial charge in [0.15, 0.2) is 32.3 Å². The first kappa shape index (κ1) is 88.6. The van der Waals surface area contributed by atoms with Crippen molar-refractivity contribution in [3.8, 4) is 50.2 Å². The summed E-state index contributed by atoms with van der Waals surface area (Å²) >= 11 is 0. The molecule has 23 aromatic carbocycles. The van der Waals surface area contributed by atoms with E-state index in [1.54, 1.807) is 0 Å². The van der Waals surface area contributed by atoms with Gasteiger partial charge in [0.2, 0.25) is 0 Å². The van der Waals surface area contributed by atoms with Gasteiger partial charge in [0, 0.05) is 44.9 Å². The van der Waals surface area contributed by atoms with E-state index < -0.39 is 32.3 Å². The standard InChI is InChI=1S/C138H100BN3Si4/c1-13-53-112(54-14-1)143(113-55-15-2-16-56-113,114-57-17-3-18-58-114)124-77-45-49-101(95-124)105-89-106(102-50-46-78-125(96-102)144(115-59-19-4-20-60-115,116-61-21-5-22-62-116)117-63-23-6-24-64-117)92-109(91-105)141-134-87-43-39-83-130(134)139-131-84-40-44-88-135(131)142(137-100-111(99-136(141)138(137)139)140-132-85-41-37-81-128(132)129-82-38-42-86-133(129)140)110-93-107(103-51-47-79-126(97-103)145(118-65-25-7-26-66-118,119-67-27-8-28-68-119)120-69-29-9-30-70-120)90-108(94-110)104-52-48-80-127(98-104)146(121-71-31-10-32-72-121,122-73-33-11-34-74-122)123-75-35-12-36-76-123/h1-100H. The molecule has 146 heavy (non-hydrogen) atoms. The summed E-state index contributed by atoms with van der Waals surface area (Å²) in [5.41, 5.74) is 22.3. The largest absolute Gasteiger partial charge is 0.311 e. The van der Waals surface area contributed by atoms with Crippen LogP contribution in [-0.2, 0) is 0 Å². The van der Waals surface area contributed by atoms with Crippen molar-refractivity contribution >= 4 is 194 Å². The summed E-state index contributed by atoms with van der Waals surface area (Å²) in [4.78, 5) is 5.35. The first-order valence-electron chi connectivity index (χ1n) is 50.8. The maximum Gasteiger partial charge on any atom is 0.252 e. The number of anilines is 6. The van der Waals surface area contributed by atoms with Crippen molar-refractivity contribution in [3.63, 3.8) is 0 Å². The van der Waals surface area contributed by atoms with Gasteiger partial charge in [-0.2, -0.15) is 0 Å². The molecule has 0 aliphatic carbocycles. The number of benzene rings is 23. The molecule has 0 bridgehead atoms. The van der Waals surface area contributed by atoms with Crippen molar-refractivity contribution < 1.29 is 0 Å². The Morgan fingerprint density at radius 2 is 0.336 bits per heavy atom. The Morgan fingerprint density at radius 1 is 0.137 bits per heavy atom. The molecule has 0 N–H and O–H groups in total. The van der Waals surface area contributed by atoms with Crippen LogP contribution in [0.4, 0.5) is 34.1 Å². The van der Waals surface area contributed by atoms with Gasteiger partial charge in [-0.1, -0.05) is 534 Å². The molecule has 8 heteroatoms. The van der Waals surface area contributed by atoms with Gasteiger partial charge >= 0.3 is 0 Å². The second-order valence-electron chi connectivity index (χ2n) is 38.7. The van der Waals surface area contributed by atoms with Gasteiger partial charge in [-0.25, -0.2) is 0 Å². The monoisotopic (exact) mass is 1920 g/mol. The van der Waals surface area contributed by atoms with E-state index in [0.717, 1.165) is 95.4 Å². The molecule has 686 valence electrons. The van der Waals surface area contributed by atoms with E-state index in [2.05, 4.69) is 621 Å². The molecule has 0 atom stereocenters. The highest BCUT2D eigenvalue weighted by molar-refractivity contribution is 7.22. The predicted octanol–water partition coefficient (Wildman–Crippen LogP) is 21.0. The van der Waals surface area contributed by atoms with Gasteiger partial charge in [0.05, 0.1) is 16.7 Å². The number of nitrogens with zero attached hydrogens (tertiary/aromatic N) is 3. The number of fused-ring (bicyclic) bond motifs is 7. The van der Waals surface area contributed by atoms with E-state index in [-0.39, 0.29) is 6.71 Å². The predicted molar refractivity (Wildman–Crippen MR) is 631 cm³/mol. The lowest BCUT2D eigenvalue weighted by Crippen LogP contribution is -2.74. The minimum atomic E-state index is -3.11. The summed E-state index contributed by atoms with van der Waals surface area (Å²) in [6, 6.07) is 232. The molecule has 1 aromatic heterocycles. The topological polar surface area (TPSA) is 11.4 Å². The average Bonchev–Trinajstić information content (AvgIpc) is 0.999. The SMILES string of the molecule is c1ccc([Si](c2ccccc2)(c2ccccc2)c2cccc(-c3cc(-c4cccc([Si](c5ccccc5)(c5ccccc5)c5ccccc5)c4)cc(N4c5ccccc5B5c6ccccc6N(c6cc(-c7cccc([Si](c8ccccc8)(c8ccccc8)c8ccccc8)c7)cc(-c7cccc([Si](c8ccccc8)(c8ccccc8)c8ccccc8)c7)c6)c6cc(-n7c8ccccc8c8ccccc87)cc4c65)c3)c2)cc1. The molecule has 0 saturated carbocycles. The van der Waals surface area contributed by atoms with Crippen LogP contribution in [0.3, 0.4) is 0 Å². The highest BCUT2D eigenvalue weighted by Gasteiger charge is 2.49. The zero-order valence-corrected chi connectivity index (χ0v) is 84.7. The van der Waals surface area contributed by atoms with E-state index in [9.17, 15) is 0 Å². The van der Waals surface area contributed by atoms with E-state index in [1.807, 2.05) is 0 Å². The molecule has 0 amide bonds. The summed E-state index contributed by atoms with van der Waals surface area (Å²) in [6.07, 6.45) is 0. The van der Waals surface area contributed by atoms with Crippen LogP contribution in [0, 0.1) is 0 Å². The molecule has 0 saturated heterocycles. The summed E-state index contributed by atoms with van der Waals surface area (Å²) in [5, 5.41) is 23.4. The molecule has 26 rings (SSSR count). The van der Waals surface area contributed by atoms with Crippen LogP contribution in [0.2, 0.25) is 0 Å². The molecule has 3 heterocycles. The van der Waals surface area contributed by atoms with Crippen molar-refractivity contribution in [1.82, 2.24) is 4.57 Å². The van der Waals surface area contributed by atoms with Gasteiger partial charge in [0.25, 0.3) is 6.71 Å². The van der Waals surface area contributed by atoms with Gasteiger partial charge < -0.3 is 14.4 Å². The molecule has 2 aliphatic heterocycles. The Morgan fingerprint density at radius 3 is 0.568 bits per heavy atom. The van der Waals surface area contributed by atoms with Crippen molar-refractivity contribution in [3.05, 3.63) is 607 Å². The fourth-order valence-corrected chi connectivity index (χ4v) is 44.1. The molecule has 2 aliphatic rings. The average molecular weight is 1920 g/mol. The zero-order valence-electron chi connectivity index (χ0n) is 80.7. The van der Waals surface area contributed by atoms with Crippen LogP contribution >= 0.6 is 0 Å². The lowest BCUT2D eigenvalue weighted by atomic mass is 9.33. The van der Waals surface area contributed by atoms with E-state index in [4.69, 9.17) is 0 Å². The smallest absolute Gasteiger partial charge is 0.252 e. The Hall–Kier alpha value is -17.6. The Kier molecular flexibility index (Phi) is 22.9. The summed E-state index contributed by atoms with van der Waals surface area (Å²) < 4.78 is 2.56. The van der Waals surface area contributed by atoms with E-state index in [1.165, 1.54) is 110 Å². The number of hydrogen-bond acceptors (Lipinski definition) is 2. The first-order valence-corrected chi connectivity index (χ1v) is 58.8. The number of aromatic nitrogens is 1. The van der Waals surface area contributed by atoms with Crippen LogP contribution in [0.5, 0.6) is 0 Å². The summed E-state index contributed by atoms with van der Waals surface area (Å²) in [7, 11) is -12.4. The van der Waals surface area contributed by atoms with Crippen LogP contribution in [0.1, 0.15) is 0 Å². The molecule has 0 spiro atoms. The first-order chi connectivity index (χ1) is 72.4. The van der Waals surface area contributed by atoms with Crippen molar-refractivity contribution in [2.45, 2.75) is 0 Å². The van der Waals surface area contributed by atoms with Gasteiger partial charge in [-0.3, -0.25) is 0 Å². The number of para-hydroxylation sites is 4. The third-order valence-electron chi connectivity index (χ3n) is 31.1. The van der Waals surface area contributed by atoms with Crippen molar-refractivity contribution in [2.24, 2.45) is 0 Å². The Bertz CT molecular complexity index is 7640. The zero-order chi connectivity index (χ0) is 97.0. The summed E-state index contributed by atoms with van der Waals surface area (Å²) in [5.74, 6) is 0. The molecular weight excluding hydrogens is 1820 g/mol. The second kappa shape index (κ2) is 37.7. The highest BCUT2D eigenvalue weighted by Crippen LogP contribution is 2.49. The van der Waals surface area contributed by atoms with Gasteiger partial charge in [-0.05, 0) is 217 Å². The molecule has 0 radical (unpaired) electrons. The lowest BCUT2D eigenvalue weighted by Gasteiger charge is -2.44. The summed E-state index contributed by atoms with van der Waals surface area (Å²) in [6.45, 7) is -0.239. The van der Waals surface area contributed by atoms with Crippen molar-refractivity contribution in [2.75, 3.05) is 9.80 Å². The van der Waals surface area contributed by atoms with Crippen LogP contribution in [-0.4, -0.2) is 43.6 Å². The molecule has 0 unspecified atom stereocenters. The quantitative estimate of drug-likeness (QED) is 0.0467.